The van der Waals surface area contributed by atoms with Crippen molar-refractivity contribution in [1.29, 1.82) is 0 Å². The zero-order chi connectivity index (χ0) is 34.3. The number of anilines is 2. The molecule has 6 heterocycles. The molecule has 17 heteroatoms. The average Bonchev–Trinajstić information content (AvgIpc) is 3.51. The number of benzene rings is 1. The number of pyridine rings is 1. The SMILES string of the molecule is CC[C@@H]1CN2c3nc(OC[C@@]45CCCN4C[C@H](F)C5)nc4c(F)c(-c5cc(N)c(F)c(C)c5C(F)(F)F)nc(c34)O[C@H](C(F)F)[C@@H]2CN1. The maximum Gasteiger partial charge on any atom is 0.417 e. The Hall–Kier alpha value is -3.73. The number of ether oxygens (including phenoxy) is 2. The minimum atomic E-state index is -5.19. The van der Waals surface area contributed by atoms with E-state index in [-0.39, 0.29) is 55.9 Å². The lowest BCUT2D eigenvalue weighted by atomic mass is 9.95. The van der Waals surface area contributed by atoms with Gasteiger partial charge in [0.05, 0.1) is 22.8 Å². The van der Waals surface area contributed by atoms with Crippen LogP contribution in [-0.2, 0) is 6.18 Å². The fourth-order valence-corrected chi connectivity index (χ4v) is 7.73. The molecule has 1 aromatic carbocycles. The molecule has 3 saturated heterocycles. The summed E-state index contributed by atoms with van der Waals surface area (Å²) in [4.78, 5) is 16.3. The Morgan fingerprint density at radius 1 is 1.17 bits per heavy atom. The zero-order valence-corrected chi connectivity index (χ0v) is 26.0. The molecule has 0 amide bonds. The van der Waals surface area contributed by atoms with E-state index in [1.54, 1.807) is 4.90 Å². The molecule has 3 aromatic rings. The Bertz CT molecular complexity index is 1760. The number of fused-ring (bicyclic) bond motifs is 3. The van der Waals surface area contributed by atoms with Crippen LogP contribution in [0, 0.1) is 18.6 Å². The molecule has 0 aliphatic carbocycles. The van der Waals surface area contributed by atoms with Crippen molar-refractivity contribution >= 4 is 22.4 Å². The second-order valence-corrected chi connectivity index (χ2v) is 13.0. The molecule has 4 aliphatic heterocycles. The summed E-state index contributed by atoms with van der Waals surface area (Å²) in [5.74, 6) is -3.39. The minimum absolute atomic E-state index is 0.0143. The van der Waals surface area contributed by atoms with Crippen LogP contribution < -0.4 is 25.4 Å². The lowest BCUT2D eigenvalue weighted by molar-refractivity contribution is -0.137. The van der Waals surface area contributed by atoms with Crippen LogP contribution in [0.15, 0.2) is 6.07 Å². The highest BCUT2D eigenvalue weighted by Crippen LogP contribution is 2.47. The van der Waals surface area contributed by atoms with Gasteiger partial charge in [0.1, 0.15) is 41.0 Å². The molecule has 260 valence electrons. The van der Waals surface area contributed by atoms with Crippen LogP contribution in [0.3, 0.4) is 0 Å². The fraction of sp³-hybridized carbons (Fsp3) is 0.581. The maximum absolute atomic E-state index is 16.7. The summed E-state index contributed by atoms with van der Waals surface area (Å²) in [5.41, 5.74) is -0.628. The molecular formula is C31H33F8N7O2. The Balaban J connectivity index is 1.46. The molecule has 5 atom stereocenters. The number of nitrogen functional groups attached to an aromatic ring is 1. The summed E-state index contributed by atoms with van der Waals surface area (Å²) in [6.07, 6.45) is -8.98. The number of nitrogens with zero attached hydrogens (tertiary/aromatic N) is 5. The van der Waals surface area contributed by atoms with Gasteiger partial charge in [-0.15, -0.1) is 0 Å². The highest BCUT2D eigenvalue weighted by atomic mass is 19.4. The summed E-state index contributed by atoms with van der Waals surface area (Å²) in [6.45, 7) is 3.73. The van der Waals surface area contributed by atoms with Crippen LogP contribution >= 0.6 is 0 Å². The molecule has 0 bridgehead atoms. The van der Waals surface area contributed by atoms with Crippen molar-refractivity contribution in [1.82, 2.24) is 25.2 Å². The number of rotatable bonds is 6. The van der Waals surface area contributed by atoms with Crippen LogP contribution in [0.5, 0.6) is 11.9 Å². The van der Waals surface area contributed by atoms with Gasteiger partial charge in [-0.1, -0.05) is 6.92 Å². The van der Waals surface area contributed by atoms with Crippen LogP contribution in [0.25, 0.3) is 22.2 Å². The highest BCUT2D eigenvalue weighted by molar-refractivity contribution is 5.97. The van der Waals surface area contributed by atoms with Crippen molar-refractivity contribution in [3.8, 4) is 23.1 Å². The Kier molecular flexibility index (Phi) is 8.00. The number of hydrogen-bond acceptors (Lipinski definition) is 9. The van der Waals surface area contributed by atoms with Crippen molar-refractivity contribution in [2.24, 2.45) is 0 Å². The number of aromatic nitrogens is 3. The summed E-state index contributed by atoms with van der Waals surface area (Å²) >= 11 is 0. The van der Waals surface area contributed by atoms with E-state index in [0.717, 1.165) is 13.3 Å². The molecule has 0 saturated carbocycles. The number of nitrogens with two attached hydrogens (primary N) is 1. The van der Waals surface area contributed by atoms with Gasteiger partial charge in [-0.2, -0.15) is 23.1 Å². The molecule has 4 aliphatic rings. The van der Waals surface area contributed by atoms with Gasteiger partial charge >= 0.3 is 12.2 Å². The molecule has 48 heavy (non-hydrogen) atoms. The third-order valence-electron chi connectivity index (χ3n) is 10.1. The lowest BCUT2D eigenvalue weighted by Crippen LogP contribution is -2.62. The fourth-order valence-electron chi connectivity index (χ4n) is 7.73. The smallest absolute Gasteiger partial charge is 0.417 e. The first kappa shape index (κ1) is 32.8. The van der Waals surface area contributed by atoms with E-state index in [0.29, 0.717) is 25.5 Å². The summed E-state index contributed by atoms with van der Waals surface area (Å²) in [7, 11) is 0. The highest BCUT2D eigenvalue weighted by Gasteiger charge is 2.50. The van der Waals surface area contributed by atoms with E-state index in [2.05, 4.69) is 20.3 Å². The van der Waals surface area contributed by atoms with Gasteiger partial charge in [0.15, 0.2) is 11.9 Å². The molecule has 9 nitrogen and oxygen atoms in total. The first-order chi connectivity index (χ1) is 22.7. The van der Waals surface area contributed by atoms with E-state index >= 15 is 4.39 Å². The van der Waals surface area contributed by atoms with Gasteiger partial charge in [-0.05, 0) is 44.4 Å². The van der Waals surface area contributed by atoms with E-state index in [4.69, 9.17) is 15.2 Å². The number of nitrogens with one attached hydrogen (secondary N) is 1. The average molecular weight is 688 g/mol. The molecule has 0 unspecified atom stereocenters. The number of alkyl halides is 6. The van der Waals surface area contributed by atoms with E-state index < -0.39 is 87.6 Å². The molecule has 0 spiro atoms. The second kappa shape index (κ2) is 11.7. The Morgan fingerprint density at radius 3 is 2.65 bits per heavy atom. The predicted molar refractivity (Wildman–Crippen MR) is 159 cm³/mol. The van der Waals surface area contributed by atoms with Crippen molar-refractivity contribution in [3.05, 3.63) is 28.8 Å². The standard InChI is InChI=1S/C31H33F8N7O2/c1-3-15-11-46-18(9-41-15)25(26(35)36)48-28-19-24(22(34)23(42-28)16-7-17(40)21(33)13(2)20(16)31(37,38)39)43-29(44-27(19)46)47-12-30-5-4-6-45(30)10-14(32)8-30/h7,14-15,18,25-26,41H,3-6,8-12,40H2,1-2H3/t14-,15-,18+,25+,30+/m1/s1. The Labute approximate surface area is 269 Å². The van der Waals surface area contributed by atoms with Gasteiger partial charge in [-0.25, -0.2) is 26.9 Å². The number of hydrogen-bond donors (Lipinski definition) is 2. The number of halogens is 8. The quantitative estimate of drug-likeness (QED) is 0.260. The number of piperazine rings is 1. The van der Waals surface area contributed by atoms with Crippen molar-refractivity contribution in [3.63, 3.8) is 0 Å². The molecule has 0 radical (unpaired) electrons. The maximum atomic E-state index is 16.7. The van der Waals surface area contributed by atoms with Gasteiger partial charge < -0.3 is 25.4 Å². The van der Waals surface area contributed by atoms with Crippen molar-refractivity contribution in [2.45, 2.75) is 82.0 Å². The molecule has 3 fully saturated rings. The largest absolute Gasteiger partial charge is 0.465 e. The second-order valence-electron chi connectivity index (χ2n) is 13.0. The van der Waals surface area contributed by atoms with Crippen LogP contribution in [-0.4, -0.2) is 89.0 Å². The van der Waals surface area contributed by atoms with Crippen molar-refractivity contribution < 1.29 is 44.6 Å². The zero-order valence-electron chi connectivity index (χ0n) is 26.0. The first-order valence-corrected chi connectivity index (χ1v) is 15.8. The summed E-state index contributed by atoms with van der Waals surface area (Å²) in [6, 6.07) is -1.02. The monoisotopic (exact) mass is 687 g/mol. The lowest BCUT2D eigenvalue weighted by Gasteiger charge is -2.42. The molecular weight excluding hydrogens is 654 g/mol. The van der Waals surface area contributed by atoms with Crippen LogP contribution in [0.1, 0.15) is 43.7 Å². The first-order valence-electron chi connectivity index (χ1n) is 15.8. The molecule has 3 N–H and O–H groups in total. The normalized spacial score (nSPS) is 27.3. The van der Waals surface area contributed by atoms with E-state index in [1.807, 2.05) is 11.8 Å². The van der Waals surface area contributed by atoms with E-state index in [9.17, 15) is 30.7 Å². The van der Waals surface area contributed by atoms with Crippen molar-refractivity contribution in [2.75, 3.05) is 43.4 Å². The van der Waals surface area contributed by atoms with Gasteiger partial charge in [0.2, 0.25) is 5.88 Å². The molecule has 7 rings (SSSR count). The van der Waals surface area contributed by atoms with E-state index in [1.165, 1.54) is 0 Å². The van der Waals surface area contributed by atoms with Gasteiger partial charge in [-0.3, -0.25) is 4.90 Å². The van der Waals surface area contributed by atoms with Crippen LogP contribution in [0.2, 0.25) is 0 Å². The third-order valence-corrected chi connectivity index (χ3v) is 10.1. The van der Waals surface area contributed by atoms with Crippen LogP contribution in [0.4, 0.5) is 46.6 Å². The summed E-state index contributed by atoms with van der Waals surface area (Å²) < 4.78 is 130. The summed E-state index contributed by atoms with van der Waals surface area (Å²) in [5, 5.41) is 2.96. The van der Waals surface area contributed by atoms with Gasteiger partial charge in [0.25, 0.3) is 6.43 Å². The third kappa shape index (κ3) is 5.24. The Morgan fingerprint density at radius 2 is 1.94 bits per heavy atom. The molecule has 2 aromatic heterocycles. The minimum Gasteiger partial charge on any atom is -0.465 e. The van der Waals surface area contributed by atoms with Gasteiger partial charge in [0, 0.05) is 37.7 Å². The predicted octanol–water partition coefficient (Wildman–Crippen LogP) is 5.42. The topological polar surface area (TPSA) is 102 Å².